The van der Waals surface area contributed by atoms with Gasteiger partial charge in [-0.3, -0.25) is 4.79 Å². The van der Waals surface area contributed by atoms with E-state index in [2.05, 4.69) is 33.1 Å². The number of rotatable bonds is 4. The van der Waals surface area contributed by atoms with Gasteiger partial charge in [0.05, 0.1) is 12.8 Å². The third-order valence-electron chi connectivity index (χ3n) is 2.90. The van der Waals surface area contributed by atoms with Crippen molar-refractivity contribution in [1.82, 2.24) is 5.43 Å². The Bertz CT molecular complexity index is 683. The molecule has 21 heavy (non-hydrogen) atoms. The topological polar surface area (TPSA) is 50.7 Å². The molecule has 0 saturated heterocycles. The first kappa shape index (κ1) is 15.5. The number of halogens is 1. The Morgan fingerprint density at radius 2 is 1.86 bits per heavy atom. The number of methoxy groups -OCH3 is 1. The fraction of sp³-hybridized carbons (Fsp3) is 0.125. The van der Waals surface area contributed by atoms with Crippen LogP contribution < -0.4 is 10.2 Å². The third kappa shape index (κ3) is 4.29. The molecule has 0 aliphatic heterocycles. The van der Waals surface area contributed by atoms with Gasteiger partial charge in [0, 0.05) is 9.13 Å². The second-order valence-corrected chi connectivity index (χ2v) is 5.63. The van der Waals surface area contributed by atoms with Gasteiger partial charge in [0.1, 0.15) is 5.75 Å². The molecule has 0 aromatic heterocycles. The van der Waals surface area contributed by atoms with E-state index in [1.165, 1.54) is 0 Å². The Kier molecular flexibility index (Phi) is 5.32. The van der Waals surface area contributed by atoms with Gasteiger partial charge in [-0.15, -0.1) is 0 Å². The lowest BCUT2D eigenvalue weighted by molar-refractivity contribution is 0.0954. The molecule has 2 aromatic carbocycles. The molecule has 108 valence electrons. The van der Waals surface area contributed by atoms with Gasteiger partial charge in [0.25, 0.3) is 5.91 Å². The minimum absolute atomic E-state index is 0.265. The van der Waals surface area contributed by atoms with Crippen molar-refractivity contribution in [3.05, 3.63) is 63.2 Å². The molecule has 4 nitrogen and oxygen atoms in total. The van der Waals surface area contributed by atoms with E-state index >= 15 is 0 Å². The van der Waals surface area contributed by atoms with Crippen molar-refractivity contribution in [1.29, 1.82) is 0 Å². The first-order valence-corrected chi connectivity index (χ1v) is 7.42. The molecule has 0 saturated carbocycles. The van der Waals surface area contributed by atoms with E-state index in [1.54, 1.807) is 31.4 Å². The fourth-order valence-electron chi connectivity index (χ4n) is 1.74. The molecule has 0 atom stereocenters. The summed E-state index contributed by atoms with van der Waals surface area (Å²) < 4.78 is 6.22. The Labute approximate surface area is 137 Å². The molecule has 0 aliphatic carbocycles. The monoisotopic (exact) mass is 394 g/mol. The van der Waals surface area contributed by atoms with Crippen molar-refractivity contribution in [3.8, 4) is 5.75 Å². The number of carbonyl (C=O) groups is 1. The molecule has 0 bridgehead atoms. The summed E-state index contributed by atoms with van der Waals surface area (Å²) in [6.07, 6.45) is 0. The lowest BCUT2D eigenvalue weighted by Crippen LogP contribution is -2.19. The number of nitrogens with one attached hydrogen (secondary N) is 1. The summed E-state index contributed by atoms with van der Waals surface area (Å²) in [5, 5.41) is 4.14. The second-order valence-electron chi connectivity index (χ2n) is 4.38. The van der Waals surface area contributed by atoms with Crippen LogP contribution >= 0.6 is 22.6 Å². The summed E-state index contributed by atoms with van der Waals surface area (Å²) in [4.78, 5) is 12.0. The SMILES string of the molecule is COc1cccc(C(=O)N/N=C(/C)c2cccc(I)c2)c1. The Hall–Kier alpha value is -1.89. The lowest BCUT2D eigenvalue weighted by Gasteiger charge is -2.05. The van der Waals surface area contributed by atoms with Gasteiger partial charge in [-0.1, -0.05) is 18.2 Å². The van der Waals surface area contributed by atoms with E-state index in [1.807, 2.05) is 31.2 Å². The lowest BCUT2D eigenvalue weighted by atomic mass is 10.1. The number of hydrogen-bond acceptors (Lipinski definition) is 3. The van der Waals surface area contributed by atoms with Crippen LogP contribution in [0.5, 0.6) is 5.75 Å². The number of amides is 1. The highest BCUT2D eigenvalue weighted by atomic mass is 127. The van der Waals surface area contributed by atoms with Crippen LogP contribution in [0.2, 0.25) is 0 Å². The maximum absolute atomic E-state index is 12.0. The molecular formula is C16H15IN2O2. The highest BCUT2D eigenvalue weighted by Gasteiger charge is 2.06. The molecule has 2 aromatic rings. The summed E-state index contributed by atoms with van der Waals surface area (Å²) in [5.74, 6) is 0.375. The minimum atomic E-state index is -0.265. The first-order chi connectivity index (χ1) is 10.1. The highest BCUT2D eigenvalue weighted by molar-refractivity contribution is 14.1. The number of carbonyl (C=O) groups excluding carboxylic acids is 1. The van der Waals surface area contributed by atoms with Crippen LogP contribution in [0.25, 0.3) is 0 Å². The van der Waals surface area contributed by atoms with Crippen LogP contribution in [0.15, 0.2) is 53.6 Å². The van der Waals surface area contributed by atoms with E-state index in [9.17, 15) is 4.79 Å². The summed E-state index contributed by atoms with van der Waals surface area (Å²) >= 11 is 2.24. The van der Waals surface area contributed by atoms with E-state index in [0.29, 0.717) is 11.3 Å². The molecular weight excluding hydrogens is 379 g/mol. The molecule has 1 N–H and O–H groups in total. The van der Waals surface area contributed by atoms with Crippen LogP contribution in [-0.2, 0) is 0 Å². The van der Waals surface area contributed by atoms with Gasteiger partial charge in [0.2, 0.25) is 0 Å². The smallest absolute Gasteiger partial charge is 0.271 e. The second kappa shape index (κ2) is 7.21. The fourth-order valence-corrected chi connectivity index (χ4v) is 2.28. The van der Waals surface area contributed by atoms with Crippen molar-refractivity contribution in [2.24, 2.45) is 5.10 Å². The molecule has 0 unspecified atom stereocenters. The van der Waals surface area contributed by atoms with Crippen LogP contribution in [0.1, 0.15) is 22.8 Å². The van der Waals surface area contributed by atoms with E-state index in [-0.39, 0.29) is 5.91 Å². The van der Waals surface area contributed by atoms with Gasteiger partial charge in [-0.05, 0) is 65.4 Å². The van der Waals surface area contributed by atoms with Crippen molar-refractivity contribution in [3.63, 3.8) is 0 Å². The van der Waals surface area contributed by atoms with E-state index < -0.39 is 0 Å². The average Bonchev–Trinajstić information content (AvgIpc) is 2.52. The summed E-state index contributed by atoms with van der Waals surface area (Å²) in [5.41, 5.74) is 4.80. The number of ether oxygens (including phenoxy) is 1. The maximum Gasteiger partial charge on any atom is 0.271 e. The molecule has 0 spiro atoms. The Balaban J connectivity index is 2.10. The van der Waals surface area contributed by atoms with Crippen LogP contribution in [0.3, 0.4) is 0 Å². The number of hydrazone groups is 1. The standard InChI is InChI=1S/C16H15IN2O2/c1-11(12-5-3-7-14(17)9-12)18-19-16(20)13-6-4-8-15(10-13)21-2/h3-10H,1-2H3,(H,19,20)/b18-11-. The average molecular weight is 394 g/mol. The largest absolute Gasteiger partial charge is 0.497 e. The summed E-state index contributed by atoms with van der Waals surface area (Å²) in [6, 6.07) is 14.9. The number of benzene rings is 2. The van der Waals surface area contributed by atoms with E-state index in [4.69, 9.17) is 4.74 Å². The maximum atomic E-state index is 12.0. The number of nitrogens with zero attached hydrogens (tertiary/aromatic N) is 1. The summed E-state index contributed by atoms with van der Waals surface area (Å²) in [6.45, 7) is 1.86. The van der Waals surface area contributed by atoms with Crippen molar-refractivity contribution in [2.75, 3.05) is 7.11 Å². The Morgan fingerprint density at radius 1 is 1.14 bits per heavy atom. The molecule has 0 fully saturated rings. The molecule has 1 amide bonds. The molecule has 5 heteroatoms. The molecule has 0 radical (unpaired) electrons. The van der Waals surface area contributed by atoms with Gasteiger partial charge in [-0.2, -0.15) is 5.10 Å². The van der Waals surface area contributed by atoms with Crippen molar-refractivity contribution < 1.29 is 9.53 Å². The van der Waals surface area contributed by atoms with Gasteiger partial charge < -0.3 is 4.74 Å². The molecule has 2 rings (SSSR count). The van der Waals surface area contributed by atoms with E-state index in [0.717, 1.165) is 14.8 Å². The normalized spacial score (nSPS) is 11.1. The van der Waals surface area contributed by atoms with Gasteiger partial charge in [-0.25, -0.2) is 5.43 Å². The van der Waals surface area contributed by atoms with Crippen LogP contribution in [0, 0.1) is 3.57 Å². The highest BCUT2D eigenvalue weighted by Crippen LogP contribution is 2.12. The molecule has 0 aliphatic rings. The first-order valence-electron chi connectivity index (χ1n) is 6.35. The van der Waals surface area contributed by atoms with Crippen LogP contribution in [0.4, 0.5) is 0 Å². The zero-order chi connectivity index (χ0) is 15.2. The van der Waals surface area contributed by atoms with Gasteiger partial charge >= 0.3 is 0 Å². The molecule has 0 heterocycles. The predicted molar refractivity (Wildman–Crippen MR) is 91.8 cm³/mol. The predicted octanol–water partition coefficient (Wildman–Crippen LogP) is 3.45. The quantitative estimate of drug-likeness (QED) is 0.491. The Morgan fingerprint density at radius 3 is 2.57 bits per heavy atom. The number of hydrogen-bond donors (Lipinski definition) is 1. The van der Waals surface area contributed by atoms with Crippen molar-refractivity contribution in [2.45, 2.75) is 6.92 Å². The summed E-state index contributed by atoms with van der Waals surface area (Å²) in [7, 11) is 1.57. The minimum Gasteiger partial charge on any atom is -0.497 e. The van der Waals surface area contributed by atoms with Gasteiger partial charge in [0.15, 0.2) is 0 Å². The zero-order valence-electron chi connectivity index (χ0n) is 11.8. The van der Waals surface area contributed by atoms with Crippen molar-refractivity contribution >= 4 is 34.2 Å². The van der Waals surface area contributed by atoms with Crippen LogP contribution in [-0.4, -0.2) is 18.7 Å². The third-order valence-corrected chi connectivity index (χ3v) is 3.57. The zero-order valence-corrected chi connectivity index (χ0v) is 13.9.